The molecule has 0 aliphatic rings. The molecule has 0 radical (unpaired) electrons. The molecule has 1 atom stereocenters. The van der Waals surface area contributed by atoms with Crippen molar-refractivity contribution in [3.8, 4) is 0 Å². The molecule has 0 aliphatic carbocycles. The van der Waals surface area contributed by atoms with Gasteiger partial charge in [-0.05, 0) is 13.1 Å². The van der Waals surface area contributed by atoms with Gasteiger partial charge in [0.05, 0.1) is 6.04 Å². The zero-order chi connectivity index (χ0) is 9.40. The lowest BCUT2D eigenvalue weighted by atomic mass is 10.3. The molecule has 0 bridgehead atoms. The van der Waals surface area contributed by atoms with Gasteiger partial charge in [0, 0.05) is 19.8 Å². The van der Waals surface area contributed by atoms with Crippen LogP contribution in [0.5, 0.6) is 0 Å². The topological polar surface area (TPSA) is 50.8 Å². The van der Waals surface area contributed by atoms with Crippen LogP contribution in [-0.2, 0) is 4.84 Å². The van der Waals surface area contributed by atoms with E-state index < -0.39 is 0 Å². The third-order valence-electron chi connectivity index (χ3n) is 1.70. The lowest BCUT2D eigenvalue weighted by Crippen LogP contribution is -2.40. The Morgan fingerprint density at radius 2 is 2.42 bits per heavy atom. The average molecular weight is 171 g/mol. The molecule has 12 heavy (non-hydrogen) atoms. The number of hydrogen-bond acceptors (Lipinski definition) is 4. The Bertz CT molecular complexity index is 138. The molecule has 0 spiro atoms. The Kier molecular flexibility index (Phi) is 6.09. The number of oxime groups is 1. The van der Waals surface area contributed by atoms with Crippen molar-refractivity contribution >= 4 is 6.72 Å². The van der Waals surface area contributed by atoms with Crippen LogP contribution < -0.4 is 5.73 Å². The van der Waals surface area contributed by atoms with Gasteiger partial charge in [0.15, 0.2) is 0 Å². The third kappa shape index (κ3) is 3.39. The molecule has 70 valence electrons. The van der Waals surface area contributed by atoms with Gasteiger partial charge in [0.25, 0.3) is 0 Å². The smallest absolute Gasteiger partial charge is 0.138 e. The summed E-state index contributed by atoms with van der Waals surface area (Å²) in [7, 11) is 0. The van der Waals surface area contributed by atoms with E-state index in [4.69, 9.17) is 10.6 Å². The zero-order valence-electron chi connectivity index (χ0n) is 7.57. The van der Waals surface area contributed by atoms with E-state index in [0.29, 0.717) is 13.2 Å². The minimum Gasteiger partial charge on any atom is -0.394 e. The normalized spacial score (nSPS) is 11.8. The summed E-state index contributed by atoms with van der Waals surface area (Å²) in [4.78, 5) is 6.82. The SMILES string of the molecule is C=CN(CC)[C@H](CN)CON=C. The highest BCUT2D eigenvalue weighted by Gasteiger charge is 2.11. The molecular weight excluding hydrogens is 154 g/mol. The first-order valence-electron chi connectivity index (χ1n) is 3.96. The van der Waals surface area contributed by atoms with E-state index in [2.05, 4.69) is 18.5 Å². The van der Waals surface area contributed by atoms with Crippen LogP contribution in [0.3, 0.4) is 0 Å². The van der Waals surface area contributed by atoms with E-state index in [1.807, 2.05) is 11.8 Å². The van der Waals surface area contributed by atoms with Gasteiger partial charge in [-0.25, -0.2) is 0 Å². The Balaban J connectivity index is 3.91. The molecule has 0 aliphatic heterocycles. The van der Waals surface area contributed by atoms with Crippen molar-refractivity contribution in [2.75, 3.05) is 19.7 Å². The van der Waals surface area contributed by atoms with Gasteiger partial charge in [-0.15, -0.1) is 5.16 Å². The molecule has 0 heterocycles. The Hall–Kier alpha value is -1.03. The minimum absolute atomic E-state index is 0.137. The van der Waals surface area contributed by atoms with E-state index in [9.17, 15) is 0 Å². The zero-order valence-corrected chi connectivity index (χ0v) is 7.57. The summed E-state index contributed by atoms with van der Waals surface area (Å²) in [6, 6.07) is 0.137. The number of likely N-dealkylation sites (N-methyl/N-ethyl adjacent to an activating group) is 1. The fourth-order valence-corrected chi connectivity index (χ4v) is 0.974. The molecule has 0 unspecified atom stereocenters. The maximum atomic E-state index is 5.53. The Morgan fingerprint density at radius 1 is 1.75 bits per heavy atom. The summed E-state index contributed by atoms with van der Waals surface area (Å²) in [5.41, 5.74) is 5.53. The molecule has 0 aromatic carbocycles. The summed E-state index contributed by atoms with van der Waals surface area (Å²) in [5, 5.41) is 3.31. The van der Waals surface area contributed by atoms with Crippen LogP contribution in [0.2, 0.25) is 0 Å². The molecule has 4 nitrogen and oxygen atoms in total. The highest BCUT2D eigenvalue weighted by molar-refractivity contribution is 5.21. The van der Waals surface area contributed by atoms with Gasteiger partial charge in [-0.3, -0.25) is 0 Å². The van der Waals surface area contributed by atoms with Crippen molar-refractivity contribution < 1.29 is 4.84 Å². The summed E-state index contributed by atoms with van der Waals surface area (Å²) >= 11 is 0. The first-order chi connectivity index (χ1) is 5.79. The summed E-state index contributed by atoms with van der Waals surface area (Å²) in [6.07, 6.45) is 1.75. The molecule has 2 N–H and O–H groups in total. The standard InChI is InChI=1S/C8H17N3O/c1-4-11(5-2)8(6-9)7-12-10-3/h4,8H,1,3,5-7,9H2,2H3/t8-/m1/s1. The fourth-order valence-electron chi connectivity index (χ4n) is 0.974. The van der Waals surface area contributed by atoms with Crippen LogP contribution in [-0.4, -0.2) is 37.4 Å². The average Bonchev–Trinajstić information content (AvgIpc) is 2.12. The molecule has 0 aromatic heterocycles. The third-order valence-corrected chi connectivity index (χ3v) is 1.70. The number of nitrogens with zero attached hydrogens (tertiary/aromatic N) is 2. The van der Waals surface area contributed by atoms with Crippen LogP contribution in [0.1, 0.15) is 6.92 Å². The maximum absolute atomic E-state index is 5.53. The predicted octanol–water partition coefficient (Wildman–Crippen LogP) is 0.411. The van der Waals surface area contributed by atoms with E-state index in [-0.39, 0.29) is 6.04 Å². The van der Waals surface area contributed by atoms with E-state index in [1.54, 1.807) is 6.20 Å². The number of hydrogen-bond donors (Lipinski definition) is 1. The van der Waals surface area contributed by atoms with Crippen LogP contribution in [0.4, 0.5) is 0 Å². The second-order valence-electron chi connectivity index (χ2n) is 2.33. The van der Waals surface area contributed by atoms with Crippen molar-refractivity contribution in [2.45, 2.75) is 13.0 Å². The Labute approximate surface area is 73.7 Å². The van der Waals surface area contributed by atoms with Crippen LogP contribution >= 0.6 is 0 Å². The van der Waals surface area contributed by atoms with Crippen molar-refractivity contribution in [1.82, 2.24) is 4.90 Å². The van der Waals surface area contributed by atoms with Crippen LogP contribution in [0.15, 0.2) is 17.9 Å². The van der Waals surface area contributed by atoms with E-state index >= 15 is 0 Å². The number of nitrogens with two attached hydrogens (primary N) is 1. The van der Waals surface area contributed by atoms with Crippen molar-refractivity contribution in [3.05, 3.63) is 12.8 Å². The van der Waals surface area contributed by atoms with Gasteiger partial charge in [-0.2, -0.15) is 0 Å². The highest BCUT2D eigenvalue weighted by Crippen LogP contribution is 1.98. The Morgan fingerprint density at radius 3 is 2.75 bits per heavy atom. The van der Waals surface area contributed by atoms with Crippen molar-refractivity contribution in [2.24, 2.45) is 10.9 Å². The van der Waals surface area contributed by atoms with Crippen molar-refractivity contribution in [1.29, 1.82) is 0 Å². The van der Waals surface area contributed by atoms with Crippen LogP contribution in [0, 0.1) is 0 Å². The minimum atomic E-state index is 0.137. The molecule has 4 heteroatoms. The largest absolute Gasteiger partial charge is 0.394 e. The second-order valence-corrected chi connectivity index (χ2v) is 2.33. The van der Waals surface area contributed by atoms with E-state index in [1.165, 1.54) is 0 Å². The molecule has 0 saturated heterocycles. The molecule has 0 amide bonds. The maximum Gasteiger partial charge on any atom is 0.138 e. The fraction of sp³-hybridized carbons (Fsp3) is 0.625. The van der Waals surface area contributed by atoms with Gasteiger partial charge in [-0.1, -0.05) is 6.58 Å². The molecular formula is C8H17N3O. The summed E-state index contributed by atoms with van der Waals surface area (Å²) in [5.74, 6) is 0. The first-order valence-corrected chi connectivity index (χ1v) is 3.96. The molecule has 0 aromatic rings. The quantitative estimate of drug-likeness (QED) is 0.446. The molecule has 0 fully saturated rings. The second kappa shape index (κ2) is 6.67. The molecule has 0 rings (SSSR count). The van der Waals surface area contributed by atoms with Crippen molar-refractivity contribution in [3.63, 3.8) is 0 Å². The summed E-state index contributed by atoms with van der Waals surface area (Å²) in [6.45, 7) is 10.8. The van der Waals surface area contributed by atoms with Gasteiger partial charge < -0.3 is 15.5 Å². The highest BCUT2D eigenvalue weighted by atomic mass is 16.6. The van der Waals surface area contributed by atoms with Crippen LogP contribution in [0.25, 0.3) is 0 Å². The van der Waals surface area contributed by atoms with Gasteiger partial charge in [0.2, 0.25) is 0 Å². The lowest BCUT2D eigenvalue weighted by molar-refractivity contribution is 0.0900. The first kappa shape index (κ1) is 11.0. The summed E-state index contributed by atoms with van der Waals surface area (Å²) < 4.78 is 0. The van der Waals surface area contributed by atoms with Gasteiger partial charge in [0.1, 0.15) is 6.61 Å². The van der Waals surface area contributed by atoms with Gasteiger partial charge >= 0.3 is 0 Å². The van der Waals surface area contributed by atoms with E-state index in [0.717, 1.165) is 6.54 Å². The lowest BCUT2D eigenvalue weighted by Gasteiger charge is -2.26. The number of rotatable bonds is 7. The predicted molar refractivity (Wildman–Crippen MR) is 50.9 cm³/mol. The molecule has 0 saturated carbocycles. The monoisotopic (exact) mass is 171 g/mol.